The van der Waals surface area contributed by atoms with Gasteiger partial charge < -0.3 is 9.84 Å². The van der Waals surface area contributed by atoms with Gasteiger partial charge in [0.15, 0.2) is 6.10 Å². The second kappa shape index (κ2) is 6.55. The molecular weight excluding hydrogens is 228 g/mol. The second-order valence-electron chi connectivity index (χ2n) is 5.20. The molecule has 0 spiro atoms. The lowest BCUT2D eigenvalue weighted by Crippen LogP contribution is -2.31. The molecular formula is C15H22O3. The molecule has 1 aromatic carbocycles. The van der Waals surface area contributed by atoms with E-state index in [9.17, 15) is 9.90 Å². The van der Waals surface area contributed by atoms with Gasteiger partial charge in [-0.2, -0.15) is 0 Å². The average Bonchev–Trinajstić information content (AvgIpc) is 2.35. The van der Waals surface area contributed by atoms with Crippen molar-refractivity contribution in [2.75, 3.05) is 0 Å². The summed E-state index contributed by atoms with van der Waals surface area (Å²) < 4.78 is 5.40. The zero-order valence-corrected chi connectivity index (χ0v) is 11.5. The van der Waals surface area contributed by atoms with Gasteiger partial charge >= 0.3 is 5.97 Å². The minimum atomic E-state index is -1.20. The molecule has 1 atom stereocenters. The van der Waals surface area contributed by atoms with Crippen LogP contribution in [-0.2, 0) is 9.53 Å². The van der Waals surface area contributed by atoms with Gasteiger partial charge in [-0.15, -0.1) is 0 Å². The zero-order chi connectivity index (χ0) is 13.7. The lowest BCUT2D eigenvalue weighted by atomic mass is 9.96. The molecule has 0 aliphatic rings. The number of carbonyl (C=O) groups excluding carboxylic acids is 1. The van der Waals surface area contributed by atoms with Gasteiger partial charge in [0.1, 0.15) is 6.10 Å². The van der Waals surface area contributed by atoms with E-state index >= 15 is 0 Å². The van der Waals surface area contributed by atoms with Crippen LogP contribution in [0.3, 0.4) is 0 Å². The van der Waals surface area contributed by atoms with Crippen molar-refractivity contribution in [3.8, 4) is 0 Å². The number of rotatable bonds is 5. The van der Waals surface area contributed by atoms with Crippen LogP contribution in [0.4, 0.5) is 0 Å². The van der Waals surface area contributed by atoms with Crippen molar-refractivity contribution >= 4 is 5.97 Å². The van der Waals surface area contributed by atoms with E-state index in [1.807, 2.05) is 33.8 Å². The molecule has 1 rings (SSSR count). The number of hydrogen-bond acceptors (Lipinski definition) is 3. The van der Waals surface area contributed by atoms with Gasteiger partial charge in [-0.25, -0.2) is 4.79 Å². The molecule has 100 valence electrons. The number of aliphatic hydroxyl groups is 1. The lowest BCUT2D eigenvalue weighted by molar-refractivity contribution is -0.164. The van der Waals surface area contributed by atoms with Crippen molar-refractivity contribution < 1.29 is 14.6 Å². The highest BCUT2D eigenvalue weighted by Crippen LogP contribution is 2.20. The second-order valence-corrected chi connectivity index (χ2v) is 5.20. The number of hydrogen-bond donors (Lipinski definition) is 1. The molecule has 3 nitrogen and oxygen atoms in total. The Labute approximate surface area is 109 Å². The van der Waals surface area contributed by atoms with E-state index in [1.165, 1.54) is 0 Å². The van der Waals surface area contributed by atoms with Crippen LogP contribution in [0.25, 0.3) is 0 Å². The third-order valence-corrected chi connectivity index (χ3v) is 2.90. The number of esters is 1. The van der Waals surface area contributed by atoms with Crippen LogP contribution in [-0.4, -0.2) is 17.2 Å². The summed E-state index contributed by atoms with van der Waals surface area (Å²) in [6.45, 7) is 8.03. The minimum absolute atomic E-state index is 0.170. The van der Waals surface area contributed by atoms with Gasteiger partial charge in [0, 0.05) is 0 Å². The van der Waals surface area contributed by atoms with E-state index in [2.05, 4.69) is 0 Å². The molecule has 0 aliphatic carbocycles. The van der Waals surface area contributed by atoms with E-state index in [1.54, 1.807) is 24.3 Å². The molecule has 0 bridgehead atoms. The Morgan fingerprint density at radius 2 is 1.56 bits per heavy atom. The summed E-state index contributed by atoms with van der Waals surface area (Å²) in [6, 6.07) is 8.84. The maximum Gasteiger partial charge on any atom is 0.339 e. The molecule has 1 N–H and O–H groups in total. The van der Waals surface area contributed by atoms with E-state index < -0.39 is 12.1 Å². The number of benzene rings is 1. The molecule has 0 aromatic heterocycles. The Morgan fingerprint density at radius 3 is 2.00 bits per heavy atom. The van der Waals surface area contributed by atoms with Crippen molar-refractivity contribution in [1.29, 1.82) is 0 Å². The smallest absolute Gasteiger partial charge is 0.339 e. The minimum Gasteiger partial charge on any atom is -0.460 e. The number of carbonyl (C=O) groups is 1. The fourth-order valence-electron chi connectivity index (χ4n) is 2.01. The molecule has 0 heterocycles. The Hall–Kier alpha value is -1.35. The Bertz CT molecular complexity index is 363. The third kappa shape index (κ3) is 3.84. The SMILES string of the molecule is CC(C)C(OC(=O)[C@@H](O)c1ccccc1)C(C)C. The van der Waals surface area contributed by atoms with E-state index in [0.29, 0.717) is 5.56 Å². The Balaban J connectivity index is 2.70. The van der Waals surface area contributed by atoms with Crippen LogP contribution in [0.1, 0.15) is 39.4 Å². The molecule has 18 heavy (non-hydrogen) atoms. The summed E-state index contributed by atoms with van der Waals surface area (Å²) >= 11 is 0. The maximum atomic E-state index is 11.9. The van der Waals surface area contributed by atoms with Crippen LogP contribution in [0.2, 0.25) is 0 Å². The normalized spacial score (nSPS) is 13.1. The van der Waals surface area contributed by atoms with E-state index in [4.69, 9.17) is 4.74 Å². The summed E-state index contributed by atoms with van der Waals surface area (Å²) in [5, 5.41) is 9.93. The molecule has 0 fully saturated rings. The molecule has 0 unspecified atom stereocenters. The van der Waals surface area contributed by atoms with E-state index in [0.717, 1.165) is 0 Å². The van der Waals surface area contributed by atoms with Crippen molar-refractivity contribution in [1.82, 2.24) is 0 Å². The van der Waals surface area contributed by atoms with Crippen LogP contribution in [0.15, 0.2) is 30.3 Å². The van der Waals surface area contributed by atoms with Gasteiger partial charge in [0.05, 0.1) is 0 Å². The first-order valence-electron chi connectivity index (χ1n) is 6.37. The largest absolute Gasteiger partial charge is 0.460 e. The topological polar surface area (TPSA) is 46.5 Å². The molecule has 0 saturated carbocycles. The molecule has 1 aromatic rings. The maximum absolute atomic E-state index is 11.9. The first kappa shape index (κ1) is 14.7. The summed E-state index contributed by atoms with van der Waals surface area (Å²) in [5.74, 6) is -0.109. The van der Waals surface area contributed by atoms with Crippen LogP contribution >= 0.6 is 0 Å². The highest BCUT2D eigenvalue weighted by atomic mass is 16.6. The van der Waals surface area contributed by atoms with Crippen molar-refractivity contribution in [2.24, 2.45) is 11.8 Å². The Morgan fingerprint density at radius 1 is 1.06 bits per heavy atom. The first-order chi connectivity index (χ1) is 8.43. The van der Waals surface area contributed by atoms with E-state index in [-0.39, 0.29) is 17.9 Å². The molecule has 0 saturated heterocycles. The van der Waals surface area contributed by atoms with Gasteiger partial charge in [-0.3, -0.25) is 0 Å². The lowest BCUT2D eigenvalue weighted by Gasteiger charge is -2.26. The van der Waals surface area contributed by atoms with Crippen LogP contribution in [0.5, 0.6) is 0 Å². The fourth-order valence-corrected chi connectivity index (χ4v) is 2.01. The predicted octanol–water partition coefficient (Wildman–Crippen LogP) is 2.94. The Kier molecular flexibility index (Phi) is 5.35. The van der Waals surface area contributed by atoms with Crippen molar-refractivity contribution in [3.05, 3.63) is 35.9 Å². The summed E-state index contributed by atoms with van der Waals surface area (Å²) in [7, 11) is 0. The molecule has 3 heteroatoms. The first-order valence-corrected chi connectivity index (χ1v) is 6.37. The van der Waals surface area contributed by atoms with Gasteiger partial charge in [0.2, 0.25) is 0 Å². The highest BCUT2D eigenvalue weighted by molar-refractivity contribution is 5.76. The molecule has 0 radical (unpaired) electrons. The third-order valence-electron chi connectivity index (χ3n) is 2.90. The monoisotopic (exact) mass is 250 g/mol. The molecule has 0 amide bonds. The van der Waals surface area contributed by atoms with Crippen LogP contribution in [0, 0.1) is 11.8 Å². The predicted molar refractivity (Wildman–Crippen MR) is 71.0 cm³/mol. The van der Waals surface area contributed by atoms with Gasteiger partial charge in [-0.1, -0.05) is 58.0 Å². The number of ether oxygens (including phenoxy) is 1. The summed E-state index contributed by atoms with van der Waals surface area (Å²) in [6.07, 6.45) is -1.37. The van der Waals surface area contributed by atoms with Gasteiger partial charge in [-0.05, 0) is 17.4 Å². The quantitative estimate of drug-likeness (QED) is 0.817. The highest BCUT2D eigenvalue weighted by Gasteiger charge is 2.26. The number of aliphatic hydroxyl groups excluding tert-OH is 1. The summed E-state index contributed by atoms with van der Waals surface area (Å²) in [5.41, 5.74) is 0.564. The standard InChI is InChI=1S/C15H22O3/c1-10(2)14(11(3)4)18-15(17)13(16)12-8-6-5-7-9-12/h5-11,13-14,16H,1-4H3/t13-/m0/s1. The summed E-state index contributed by atoms with van der Waals surface area (Å²) in [4.78, 5) is 11.9. The van der Waals surface area contributed by atoms with Gasteiger partial charge in [0.25, 0.3) is 0 Å². The average molecular weight is 250 g/mol. The zero-order valence-electron chi connectivity index (χ0n) is 11.5. The fraction of sp³-hybridized carbons (Fsp3) is 0.533. The van der Waals surface area contributed by atoms with Crippen LogP contribution < -0.4 is 0 Å². The van der Waals surface area contributed by atoms with Crippen molar-refractivity contribution in [3.63, 3.8) is 0 Å². The molecule has 0 aliphatic heterocycles. The van der Waals surface area contributed by atoms with Crippen molar-refractivity contribution in [2.45, 2.75) is 39.9 Å².